The van der Waals surface area contributed by atoms with Crippen molar-refractivity contribution in [3.8, 4) is 0 Å². The zero-order valence-corrected chi connectivity index (χ0v) is 13.2. The van der Waals surface area contributed by atoms with Crippen LogP contribution >= 0.6 is 0 Å². The van der Waals surface area contributed by atoms with E-state index in [0.717, 1.165) is 19.4 Å². The van der Waals surface area contributed by atoms with Crippen molar-refractivity contribution in [3.63, 3.8) is 0 Å². The molecule has 0 saturated heterocycles. The summed E-state index contributed by atoms with van der Waals surface area (Å²) in [5.41, 5.74) is 1.22. The molecule has 1 aliphatic rings. The van der Waals surface area contributed by atoms with E-state index in [1.165, 1.54) is 31.2 Å². The van der Waals surface area contributed by atoms with Crippen LogP contribution in [0.15, 0.2) is 42.5 Å². The first-order chi connectivity index (χ1) is 10.4. The molecule has 0 amide bonds. The van der Waals surface area contributed by atoms with Gasteiger partial charge in [-0.3, -0.25) is 0 Å². The zero-order chi connectivity index (χ0) is 14.8. The molecular formula is C19H28O2. The predicted molar refractivity (Wildman–Crippen MR) is 87.3 cm³/mol. The molecule has 0 aromatic heterocycles. The molecule has 0 N–H and O–H groups in total. The van der Waals surface area contributed by atoms with Crippen LogP contribution in [0.5, 0.6) is 0 Å². The maximum absolute atomic E-state index is 6.01. The van der Waals surface area contributed by atoms with Crippen LogP contribution in [0.3, 0.4) is 0 Å². The fourth-order valence-electron chi connectivity index (χ4n) is 2.63. The number of benzene rings is 1. The molecule has 2 atom stereocenters. The molecule has 2 heteroatoms. The Bertz CT molecular complexity index is 399. The van der Waals surface area contributed by atoms with Gasteiger partial charge >= 0.3 is 0 Å². The highest BCUT2D eigenvalue weighted by atomic mass is 16.5. The van der Waals surface area contributed by atoms with Gasteiger partial charge in [-0.25, -0.2) is 0 Å². The number of ether oxygens (including phenoxy) is 2. The summed E-state index contributed by atoms with van der Waals surface area (Å²) >= 11 is 0. The van der Waals surface area contributed by atoms with E-state index in [9.17, 15) is 0 Å². The molecule has 1 aliphatic carbocycles. The average molecular weight is 288 g/mol. The predicted octanol–water partition coefficient (Wildman–Crippen LogP) is 4.89. The van der Waals surface area contributed by atoms with Gasteiger partial charge in [0.1, 0.15) is 6.10 Å². The van der Waals surface area contributed by atoms with E-state index in [2.05, 4.69) is 43.3 Å². The second-order valence-corrected chi connectivity index (χ2v) is 5.75. The van der Waals surface area contributed by atoms with Crippen molar-refractivity contribution in [2.24, 2.45) is 0 Å². The van der Waals surface area contributed by atoms with Gasteiger partial charge in [-0.2, -0.15) is 0 Å². The third-order valence-electron chi connectivity index (χ3n) is 3.93. The molecule has 0 heterocycles. The first-order valence-electron chi connectivity index (χ1n) is 8.34. The summed E-state index contributed by atoms with van der Waals surface area (Å²) in [6.45, 7) is 3.77. The molecule has 1 aromatic rings. The summed E-state index contributed by atoms with van der Waals surface area (Å²) in [7, 11) is 0. The highest BCUT2D eigenvalue weighted by Gasteiger charge is 2.23. The van der Waals surface area contributed by atoms with E-state index in [4.69, 9.17) is 9.47 Å². The van der Waals surface area contributed by atoms with Crippen LogP contribution in [0.1, 0.15) is 51.0 Å². The molecule has 0 bridgehead atoms. The normalized spacial score (nSPS) is 21.0. The Balaban J connectivity index is 1.62. The summed E-state index contributed by atoms with van der Waals surface area (Å²) in [6, 6.07) is 10.3. The lowest BCUT2D eigenvalue weighted by atomic mass is 10.1. The Labute approximate surface area is 129 Å². The zero-order valence-electron chi connectivity index (χ0n) is 13.2. The molecule has 2 unspecified atom stereocenters. The Hall–Kier alpha value is -1.12. The van der Waals surface area contributed by atoms with Crippen LogP contribution in [-0.4, -0.2) is 18.8 Å². The van der Waals surface area contributed by atoms with E-state index in [0.29, 0.717) is 6.61 Å². The van der Waals surface area contributed by atoms with Gasteiger partial charge in [0.25, 0.3) is 0 Å². The van der Waals surface area contributed by atoms with Gasteiger partial charge in [-0.15, -0.1) is 0 Å². The molecular weight excluding hydrogens is 260 g/mol. The van der Waals surface area contributed by atoms with Crippen molar-refractivity contribution in [3.05, 3.63) is 48.0 Å². The minimum Gasteiger partial charge on any atom is -0.371 e. The molecule has 0 spiro atoms. The summed E-state index contributed by atoms with van der Waals surface area (Å²) in [4.78, 5) is 0. The smallest absolute Gasteiger partial charge is 0.102 e. The van der Waals surface area contributed by atoms with Crippen molar-refractivity contribution in [2.45, 2.75) is 64.3 Å². The van der Waals surface area contributed by atoms with Crippen molar-refractivity contribution >= 4 is 0 Å². The third kappa shape index (κ3) is 6.03. The van der Waals surface area contributed by atoms with Crippen molar-refractivity contribution in [2.75, 3.05) is 6.61 Å². The molecule has 2 nitrogen and oxygen atoms in total. The van der Waals surface area contributed by atoms with Crippen LogP contribution in [-0.2, 0) is 16.1 Å². The molecule has 0 saturated carbocycles. The number of unbranched alkanes of at least 4 members (excludes halogenated alkanes) is 4. The topological polar surface area (TPSA) is 18.5 Å². The van der Waals surface area contributed by atoms with Crippen LogP contribution in [0.2, 0.25) is 0 Å². The van der Waals surface area contributed by atoms with Crippen LogP contribution in [0.25, 0.3) is 0 Å². The van der Waals surface area contributed by atoms with Crippen LogP contribution in [0, 0.1) is 0 Å². The maximum atomic E-state index is 6.01. The molecule has 1 aromatic carbocycles. The summed E-state index contributed by atoms with van der Waals surface area (Å²) in [5.74, 6) is 0. The lowest BCUT2D eigenvalue weighted by Crippen LogP contribution is -2.26. The Kier molecular flexibility index (Phi) is 7.55. The van der Waals surface area contributed by atoms with Gasteiger partial charge in [-0.1, -0.05) is 75.1 Å². The Morgan fingerprint density at radius 3 is 2.62 bits per heavy atom. The largest absolute Gasteiger partial charge is 0.371 e. The van der Waals surface area contributed by atoms with E-state index in [1.54, 1.807) is 0 Å². The van der Waals surface area contributed by atoms with Gasteiger partial charge in [0.2, 0.25) is 0 Å². The lowest BCUT2D eigenvalue weighted by Gasteiger charge is -2.20. The highest BCUT2D eigenvalue weighted by molar-refractivity contribution is 5.14. The first-order valence-corrected chi connectivity index (χ1v) is 8.34. The second-order valence-electron chi connectivity index (χ2n) is 5.75. The summed E-state index contributed by atoms with van der Waals surface area (Å²) < 4.78 is 12.0. The Morgan fingerprint density at radius 2 is 1.81 bits per heavy atom. The van der Waals surface area contributed by atoms with Gasteiger partial charge in [0.05, 0.1) is 12.7 Å². The minimum absolute atomic E-state index is 0.139. The van der Waals surface area contributed by atoms with E-state index in [-0.39, 0.29) is 12.2 Å². The van der Waals surface area contributed by atoms with E-state index in [1.807, 2.05) is 6.07 Å². The molecule has 2 rings (SSSR count). The number of hydrogen-bond donors (Lipinski definition) is 0. The van der Waals surface area contributed by atoms with Gasteiger partial charge < -0.3 is 9.47 Å². The molecule has 0 aliphatic heterocycles. The molecule has 116 valence electrons. The van der Waals surface area contributed by atoms with E-state index < -0.39 is 0 Å². The maximum Gasteiger partial charge on any atom is 0.102 e. The van der Waals surface area contributed by atoms with Gasteiger partial charge in [0, 0.05) is 6.61 Å². The molecule has 0 radical (unpaired) electrons. The standard InChI is InChI=1S/C19H28O2/c1-2-3-4-5-9-15-20-18-13-10-14-19(18)21-16-17-11-7-6-8-12-17/h6-8,10-13,18-19H,2-5,9,14-16H2,1H3. The quantitative estimate of drug-likeness (QED) is 0.451. The van der Waals surface area contributed by atoms with Crippen LogP contribution < -0.4 is 0 Å². The highest BCUT2D eigenvalue weighted by Crippen LogP contribution is 2.20. The van der Waals surface area contributed by atoms with E-state index >= 15 is 0 Å². The number of rotatable bonds is 10. The summed E-state index contributed by atoms with van der Waals surface area (Å²) in [6.07, 6.45) is 12.0. The lowest BCUT2D eigenvalue weighted by molar-refractivity contribution is -0.0510. The van der Waals surface area contributed by atoms with Crippen molar-refractivity contribution < 1.29 is 9.47 Å². The molecule has 21 heavy (non-hydrogen) atoms. The number of hydrogen-bond acceptors (Lipinski definition) is 2. The Morgan fingerprint density at radius 1 is 1.00 bits per heavy atom. The third-order valence-corrected chi connectivity index (χ3v) is 3.93. The fourth-order valence-corrected chi connectivity index (χ4v) is 2.63. The second kappa shape index (κ2) is 9.75. The van der Waals surface area contributed by atoms with Gasteiger partial charge in [0.15, 0.2) is 0 Å². The van der Waals surface area contributed by atoms with Crippen LogP contribution in [0.4, 0.5) is 0 Å². The minimum atomic E-state index is 0.139. The van der Waals surface area contributed by atoms with Crippen molar-refractivity contribution in [1.29, 1.82) is 0 Å². The van der Waals surface area contributed by atoms with Gasteiger partial charge in [-0.05, 0) is 18.4 Å². The monoisotopic (exact) mass is 288 g/mol. The average Bonchev–Trinajstić information content (AvgIpc) is 2.97. The SMILES string of the molecule is CCCCCCCOC1C=CCC1OCc1ccccc1. The first kappa shape index (κ1) is 16.3. The fraction of sp³-hybridized carbons (Fsp3) is 0.579. The van der Waals surface area contributed by atoms with Crippen molar-refractivity contribution in [1.82, 2.24) is 0 Å². The summed E-state index contributed by atoms with van der Waals surface area (Å²) in [5, 5.41) is 0. The molecule has 0 fully saturated rings.